The van der Waals surface area contributed by atoms with Crippen LogP contribution in [0.5, 0.6) is 0 Å². The molecule has 3 aliphatic rings. The van der Waals surface area contributed by atoms with Crippen LogP contribution in [-0.2, 0) is 28.6 Å². The summed E-state index contributed by atoms with van der Waals surface area (Å²) < 4.78 is 15.9. The van der Waals surface area contributed by atoms with Gasteiger partial charge in [-0.2, -0.15) is 0 Å². The highest BCUT2D eigenvalue weighted by Crippen LogP contribution is 2.64. The third kappa shape index (κ3) is 2.96. The summed E-state index contributed by atoms with van der Waals surface area (Å²) in [6.45, 7) is 11.4. The molecule has 25 heavy (non-hydrogen) atoms. The van der Waals surface area contributed by atoms with E-state index in [0.717, 1.165) is 6.42 Å². The third-order valence-corrected chi connectivity index (χ3v) is 5.80. The molecule has 0 N–H and O–H groups in total. The first kappa shape index (κ1) is 18.0. The standard InChI is InChI=1S/C19H26O6/c1-9(2)16(20)23-6-7-24-17(21)12-10-8-11-13(12)18(22)25-15(11)14(10)19(3,4)5/h10-15H,1,6-8H2,2-5H3. The van der Waals surface area contributed by atoms with E-state index in [2.05, 4.69) is 27.4 Å². The van der Waals surface area contributed by atoms with Gasteiger partial charge in [0.25, 0.3) is 0 Å². The molecule has 2 saturated carbocycles. The first-order chi connectivity index (χ1) is 11.6. The molecule has 0 amide bonds. The lowest BCUT2D eigenvalue weighted by Crippen LogP contribution is -2.43. The van der Waals surface area contributed by atoms with Crippen LogP contribution in [0, 0.1) is 35.0 Å². The summed E-state index contributed by atoms with van der Waals surface area (Å²) >= 11 is 0. The molecule has 138 valence electrons. The predicted molar refractivity (Wildman–Crippen MR) is 88.1 cm³/mol. The first-order valence-corrected chi connectivity index (χ1v) is 8.82. The second-order valence-electron chi connectivity index (χ2n) is 8.49. The molecule has 2 aliphatic carbocycles. The summed E-state index contributed by atoms with van der Waals surface area (Å²) in [6, 6.07) is 0. The zero-order chi connectivity index (χ0) is 18.5. The van der Waals surface area contributed by atoms with Crippen LogP contribution in [0.1, 0.15) is 34.1 Å². The molecule has 6 nitrogen and oxygen atoms in total. The summed E-state index contributed by atoms with van der Waals surface area (Å²) in [4.78, 5) is 36.2. The van der Waals surface area contributed by atoms with Crippen molar-refractivity contribution < 1.29 is 28.6 Å². The molecule has 1 heterocycles. The Morgan fingerprint density at radius 3 is 2.44 bits per heavy atom. The zero-order valence-corrected chi connectivity index (χ0v) is 15.2. The van der Waals surface area contributed by atoms with Gasteiger partial charge in [-0.1, -0.05) is 27.4 Å². The Morgan fingerprint density at radius 2 is 1.84 bits per heavy atom. The largest absolute Gasteiger partial charge is 0.462 e. The molecule has 1 aliphatic heterocycles. The Hall–Kier alpha value is -1.85. The van der Waals surface area contributed by atoms with Gasteiger partial charge < -0.3 is 14.2 Å². The molecule has 0 aromatic carbocycles. The van der Waals surface area contributed by atoms with E-state index >= 15 is 0 Å². The molecule has 0 radical (unpaired) electrons. The van der Waals surface area contributed by atoms with Crippen molar-refractivity contribution in [1.82, 2.24) is 0 Å². The number of hydrogen-bond acceptors (Lipinski definition) is 6. The smallest absolute Gasteiger partial charge is 0.333 e. The van der Waals surface area contributed by atoms with Crippen molar-refractivity contribution >= 4 is 17.9 Å². The van der Waals surface area contributed by atoms with Crippen LogP contribution < -0.4 is 0 Å². The number of hydrogen-bond donors (Lipinski definition) is 0. The minimum atomic E-state index is -0.508. The molecule has 6 unspecified atom stereocenters. The molecule has 0 spiro atoms. The Labute approximate surface area is 147 Å². The number of carbonyl (C=O) groups is 3. The van der Waals surface area contributed by atoms with Gasteiger partial charge in [0.05, 0.1) is 11.8 Å². The fourth-order valence-electron chi connectivity index (χ4n) is 5.01. The van der Waals surface area contributed by atoms with Gasteiger partial charge in [0.1, 0.15) is 19.3 Å². The molecular formula is C19H26O6. The van der Waals surface area contributed by atoms with Gasteiger partial charge >= 0.3 is 17.9 Å². The highest BCUT2D eigenvalue weighted by Gasteiger charge is 2.70. The lowest BCUT2D eigenvalue weighted by molar-refractivity contribution is -0.159. The van der Waals surface area contributed by atoms with E-state index in [4.69, 9.17) is 14.2 Å². The Balaban J connectivity index is 1.64. The maximum Gasteiger partial charge on any atom is 0.333 e. The highest BCUT2D eigenvalue weighted by atomic mass is 16.6. The van der Waals surface area contributed by atoms with Crippen molar-refractivity contribution in [3.8, 4) is 0 Å². The maximum absolute atomic E-state index is 12.6. The van der Waals surface area contributed by atoms with E-state index in [-0.39, 0.29) is 60.3 Å². The minimum absolute atomic E-state index is 0.0152. The second-order valence-corrected chi connectivity index (χ2v) is 8.49. The van der Waals surface area contributed by atoms with E-state index in [0.29, 0.717) is 5.57 Å². The van der Waals surface area contributed by atoms with Crippen LogP contribution in [0.4, 0.5) is 0 Å². The van der Waals surface area contributed by atoms with Gasteiger partial charge in [0.2, 0.25) is 0 Å². The number of fused-ring (bicyclic) bond motifs is 1. The lowest BCUT2D eigenvalue weighted by atomic mass is 9.65. The molecule has 3 rings (SSSR count). The number of rotatable bonds is 5. The monoisotopic (exact) mass is 350 g/mol. The fourth-order valence-corrected chi connectivity index (χ4v) is 5.01. The molecule has 6 heteroatoms. The van der Waals surface area contributed by atoms with Crippen molar-refractivity contribution in [2.24, 2.45) is 35.0 Å². The van der Waals surface area contributed by atoms with Crippen molar-refractivity contribution in [2.45, 2.75) is 40.2 Å². The predicted octanol–water partition coefficient (Wildman–Crippen LogP) is 2.12. The van der Waals surface area contributed by atoms with Crippen LogP contribution in [-0.4, -0.2) is 37.2 Å². The molecular weight excluding hydrogens is 324 g/mol. The van der Waals surface area contributed by atoms with Gasteiger partial charge in [-0.3, -0.25) is 9.59 Å². The lowest BCUT2D eigenvalue weighted by Gasteiger charge is -2.39. The van der Waals surface area contributed by atoms with E-state index in [9.17, 15) is 14.4 Å². The van der Waals surface area contributed by atoms with E-state index < -0.39 is 11.9 Å². The van der Waals surface area contributed by atoms with Crippen molar-refractivity contribution in [1.29, 1.82) is 0 Å². The molecule has 0 aromatic heterocycles. The summed E-state index contributed by atoms with van der Waals surface area (Å²) in [7, 11) is 0. The molecule has 0 aromatic rings. The maximum atomic E-state index is 12.6. The molecule has 2 bridgehead atoms. The van der Waals surface area contributed by atoms with Crippen LogP contribution in [0.3, 0.4) is 0 Å². The number of ether oxygens (including phenoxy) is 3. The SMILES string of the molecule is C=C(C)C(=O)OCCOC(=O)C1C2CC3C(OC(=O)C31)C2C(C)(C)C. The molecule has 1 saturated heterocycles. The van der Waals surface area contributed by atoms with E-state index in [1.165, 1.54) is 0 Å². The van der Waals surface area contributed by atoms with Crippen LogP contribution in [0.15, 0.2) is 12.2 Å². The molecule has 3 fully saturated rings. The number of esters is 3. The third-order valence-electron chi connectivity index (χ3n) is 5.80. The van der Waals surface area contributed by atoms with Crippen LogP contribution in [0.25, 0.3) is 0 Å². The van der Waals surface area contributed by atoms with Crippen LogP contribution >= 0.6 is 0 Å². The highest BCUT2D eigenvalue weighted by molar-refractivity contribution is 5.87. The quantitative estimate of drug-likeness (QED) is 0.327. The van der Waals surface area contributed by atoms with Gasteiger partial charge in [-0.15, -0.1) is 0 Å². The Kier molecular flexibility index (Phi) is 4.41. The van der Waals surface area contributed by atoms with Crippen molar-refractivity contribution in [2.75, 3.05) is 13.2 Å². The summed E-state index contributed by atoms with van der Waals surface area (Å²) in [6.07, 6.45) is 0.774. The van der Waals surface area contributed by atoms with E-state index in [1.54, 1.807) is 6.92 Å². The average molecular weight is 350 g/mol. The Bertz CT molecular complexity index is 616. The number of carbonyl (C=O) groups excluding carboxylic acids is 3. The van der Waals surface area contributed by atoms with Gasteiger partial charge in [-0.05, 0) is 24.7 Å². The summed E-state index contributed by atoms with van der Waals surface area (Å²) in [5, 5.41) is 0. The average Bonchev–Trinajstić information content (AvgIpc) is 3.10. The fraction of sp³-hybridized carbons (Fsp3) is 0.737. The minimum Gasteiger partial charge on any atom is -0.462 e. The summed E-state index contributed by atoms with van der Waals surface area (Å²) in [5.74, 6) is -1.57. The van der Waals surface area contributed by atoms with Crippen molar-refractivity contribution in [3.05, 3.63) is 12.2 Å². The van der Waals surface area contributed by atoms with Gasteiger partial charge in [-0.25, -0.2) is 4.79 Å². The van der Waals surface area contributed by atoms with Gasteiger partial charge in [0.15, 0.2) is 0 Å². The van der Waals surface area contributed by atoms with Crippen molar-refractivity contribution in [3.63, 3.8) is 0 Å². The molecule has 6 atom stereocenters. The van der Waals surface area contributed by atoms with Gasteiger partial charge in [0, 0.05) is 17.4 Å². The normalized spacial score (nSPS) is 35.4. The topological polar surface area (TPSA) is 78.9 Å². The van der Waals surface area contributed by atoms with Crippen LogP contribution in [0.2, 0.25) is 0 Å². The second kappa shape index (κ2) is 6.15. The van der Waals surface area contributed by atoms with E-state index in [1.807, 2.05) is 0 Å². The summed E-state index contributed by atoms with van der Waals surface area (Å²) in [5.41, 5.74) is 0.252. The zero-order valence-electron chi connectivity index (χ0n) is 15.2. The first-order valence-electron chi connectivity index (χ1n) is 8.82. The Morgan fingerprint density at radius 1 is 1.20 bits per heavy atom.